The smallest absolute Gasteiger partial charge is 0.138 e. The average Bonchev–Trinajstić information content (AvgIpc) is 3.05. The van der Waals surface area contributed by atoms with Crippen molar-refractivity contribution in [1.82, 2.24) is 20.1 Å². The molecule has 0 amide bonds. The van der Waals surface area contributed by atoms with E-state index < -0.39 is 0 Å². The molecule has 5 nitrogen and oxygen atoms in total. The Balaban J connectivity index is 0.00000135. The van der Waals surface area contributed by atoms with Gasteiger partial charge in [0.05, 0.1) is 12.4 Å². The molecular formula is C17H21ClN4O. The van der Waals surface area contributed by atoms with Crippen molar-refractivity contribution < 1.29 is 4.74 Å². The third-order valence-corrected chi connectivity index (χ3v) is 5.52. The molecule has 2 unspecified atom stereocenters. The topological polar surface area (TPSA) is 54.0 Å². The normalized spacial score (nSPS) is 34.2. The number of nitrogens with zero attached hydrogens (tertiary/aromatic N) is 3. The van der Waals surface area contributed by atoms with E-state index in [-0.39, 0.29) is 12.4 Å². The highest BCUT2D eigenvalue weighted by atomic mass is 35.5. The summed E-state index contributed by atoms with van der Waals surface area (Å²) in [4.78, 5) is 6.98. The standard InChI is InChI=1S/C17H20N4O.ClH/c1-11-2-14-10-21(8-11)9-13(1)17(14)22-16-3-12(4-18-7-16)15-5-19-20-6-15;/h3-7,11,13-14,17H,1-2,8-10H2,(H,19,20);1H. The first-order valence-electron chi connectivity index (χ1n) is 8.18. The zero-order chi connectivity index (χ0) is 14.5. The van der Waals surface area contributed by atoms with E-state index in [9.17, 15) is 0 Å². The van der Waals surface area contributed by atoms with E-state index in [1.165, 1.54) is 32.5 Å². The van der Waals surface area contributed by atoms with Crippen molar-refractivity contribution in [2.24, 2.45) is 17.8 Å². The molecule has 0 spiro atoms. The summed E-state index contributed by atoms with van der Waals surface area (Å²) < 4.78 is 6.41. The van der Waals surface area contributed by atoms with Gasteiger partial charge in [0.15, 0.2) is 0 Å². The van der Waals surface area contributed by atoms with Gasteiger partial charge in [-0.05, 0) is 24.8 Å². The zero-order valence-electron chi connectivity index (χ0n) is 12.9. The number of pyridine rings is 1. The van der Waals surface area contributed by atoms with Crippen molar-refractivity contribution >= 4 is 12.4 Å². The van der Waals surface area contributed by atoms with Gasteiger partial charge in [-0.1, -0.05) is 0 Å². The number of piperidine rings is 3. The van der Waals surface area contributed by atoms with Gasteiger partial charge in [-0.3, -0.25) is 10.1 Å². The molecular weight excluding hydrogens is 312 g/mol. The van der Waals surface area contributed by atoms with E-state index in [0.717, 1.165) is 22.8 Å². The number of rotatable bonds is 3. The van der Waals surface area contributed by atoms with Crippen LogP contribution in [0.2, 0.25) is 0 Å². The minimum Gasteiger partial charge on any atom is -0.488 e. The lowest BCUT2D eigenvalue weighted by molar-refractivity contribution is -0.0985. The van der Waals surface area contributed by atoms with E-state index in [2.05, 4.69) is 26.1 Å². The minimum atomic E-state index is 0. The van der Waals surface area contributed by atoms with Crippen LogP contribution in [0, 0.1) is 17.8 Å². The summed E-state index contributed by atoms with van der Waals surface area (Å²) in [6, 6.07) is 2.09. The summed E-state index contributed by atoms with van der Waals surface area (Å²) in [5, 5.41) is 6.85. The Kier molecular flexibility index (Phi) is 3.77. The quantitative estimate of drug-likeness (QED) is 0.938. The van der Waals surface area contributed by atoms with Crippen LogP contribution in [0.1, 0.15) is 12.8 Å². The fourth-order valence-electron chi connectivity index (χ4n) is 4.76. The van der Waals surface area contributed by atoms with Gasteiger partial charge in [0.25, 0.3) is 0 Å². The van der Waals surface area contributed by atoms with Crippen molar-refractivity contribution in [3.8, 4) is 16.9 Å². The molecule has 2 aromatic rings. The van der Waals surface area contributed by atoms with E-state index in [4.69, 9.17) is 4.74 Å². The Morgan fingerprint density at radius 2 is 1.87 bits per heavy atom. The summed E-state index contributed by atoms with van der Waals surface area (Å²) in [5.74, 6) is 3.20. The monoisotopic (exact) mass is 332 g/mol. The predicted octanol–water partition coefficient (Wildman–Crippen LogP) is 2.61. The van der Waals surface area contributed by atoms with Gasteiger partial charge in [0.2, 0.25) is 0 Å². The molecule has 6 heteroatoms. The van der Waals surface area contributed by atoms with Crippen molar-refractivity contribution in [2.45, 2.75) is 18.9 Å². The molecule has 1 N–H and O–H groups in total. The number of aromatic amines is 1. The second-order valence-corrected chi connectivity index (χ2v) is 7.05. The Labute approximate surface area is 141 Å². The van der Waals surface area contributed by atoms with E-state index in [1.807, 2.05) is 24.8 Å². The summed E-state index contributed by atoms with van der Waals surface area (Å²) in [6.07, 6.45) is 10.5. The summed E-state index contributed by atoms with van der Waals surface area (Å²) in [6.45, 7) is 3.75. The highest BCUT2D eigenvalue weighted by molar-refractivity contribution is 5.85. The first-order valence-corrected chi connectivity index (χ1v) is 8.18. The SMILES string of the molecule is Cl.c1ncc(-c2cn[nH]c2)cc1OC1C2CC3CC1CN(C3)C2. The summed E-state index contributed by atoms with van der Waals surface area (Å²) in [5.41, 5.74) is 2.10. The second kappa shape index (κ2) is 5.80. The Morgan fingerprint density at radius 3 is 2.57 bits per heavy atom. The molecule has 1 aliphatic carbocycles. The average molecular weight is 333 g/mol. The third-order valence-electron chi connectivity index (χ3n) is 5.52. The Hall–Kier alpha value is -1.59. The van der Waals surface area contributed by atoms with Crippen LogP contribution in [0.15, 0.2) is 30.9 Å². The molecule has 1 saturated carbocycles. The molecule has 0 radical (unpaired) electrons. The maximum absolute atomic E-state index is 6.41. The molecule has 4 bridgehead atoms. The second-order valence-electron chi connectivity index (χ2n) is 7.05. The van der Waals surface area contributed by atoms with Crippen molar-refractivity contribution in [2.75, 3.05) is 19.6 Å². The largest absolute Gasteiger partial charge is 0.488 e. The van der Waals surface area contributed by atoms with Gasteiger partial charge in [-0.25, -0.2) is 0 Å². The first-order chi connectivity index (χ1) is 10.8. The van der Waals surface area contributed by atoms with Crippen LogP contribution in [-0.4, -0.2) is 45.8 Å². The molecule has 23 heavy (non-hydrogen) atoms. The van der Waals surface area contributed by atoms with Crippen molar-refractivity contribution in [3.63, 3.8) is 0 Å². The van der Waals surface area contributed by atoms with Crippen LogP contribution < -0.4 is 4.74 Å². The van der Waals surface area contributed by atoms with Crippen LogP contribution in [0.3, 0.4) is 0 Å². The maximum Gasteiger partial charge on any atom is 0.138 e. The maximum atomic E-state index is 6.41. The molecule has 2 atom stereocenters. The van der Waals surface area contributed by atoms with E-state index in [0.29, 0.717) is 17.9 Å². The molecule has 5 heterocycles. The summed E-state index contributed by atoms with van der Waals surface area (Å²) >= 11 is 0. The highest BCUT2D eigenvalue weighted by Crippen LogP contribution is 2.45. The lowest BCUT2D eigenvalue weighted by atomic mass is 9.66. The lowest BCUT2D eigenvalue weighted by Gasteiger charge is -2.55. The van der Waals surface area contributed by atoms with Crippen LogP contribution in [-0.2, 0) is 0 Å². The number of ether oxygens (including phenoxy) is 1. The van der Waals surface area contributed by atoms with Gasteiger partial charge >= 0.3 is 0 Å². The molecule has 0 aromatic carbocycles. The number of hydrogen-bond acceptors (Lipinski definition) is 4. The fraction of sp³-hybridized carbons (Fsp3) is 0.529. The Morgan fingerprint density at radius 1 is 1.04 bits per heavy atom. The molecule has 6 rings (SSSR count). The lowest BCUT2D eigenvalue weighted by Crippen LogP contribution is -2.61. The van der Waals surface area contributed by atoms with Gasteiger partial charge in [-0.2, -0.15) is 5.10 Å². The molecule has 3 aliphatic heterocycles. The number of nitrogens with one attached hydrogen (secondary N) is 1. The van der Waals surface area contributed by atoms with Gasteiger partial charge < -0.3 is 9.64 Å². The number of hydrogen-bond donors (Lipinski definition) is 1. The van der Waals surface area contributed by atoms with Crippen LogP contribution in [0.4, 0.5) is 0 Å². The minimum absolute atomic E-state index is 0. The predicted molar refractivity (Wildman–Crippen MR) is 89.6 cm³/mol. The molecule has 4 fully saturated rings. The molecule has 122 valence electrons. The zero-order valence-corrected chi connectivity index (χ0v) is 13.7. The molecule has 2 aromatic heterocycles. The Bertz CT molecular complexity index is 647. The van der Waals surface area contributed by atoms with Gasteiger partial charge in [-0.15, -0.1) is 12.4 Å². The fourth-order valence-corrected chi connectivity index (χ4v) is 4.76. The molecule has 4 aliphatic rings. The van der Waals surface area contributed by atoms with Crippen molar-refractivity contribution in [3.05, 3.63) is 30.9 Å². The van der Waals surface area contributed by atoms with E-state index >= 15 is 0 Å². The van der Waals surface area contributed by atoms with Crippen LogP contribution in [0.25, 0.3) is 11.1 Å². The first kappa shape index (κ1) is 15.0. The van der Waals surface area contributed by atoms with Crippen LogP contribution in [0.5, 0.6) is 5.75 Å². The van der Waals surface area contributed by atoms with Gasteiger partial charge in [0, 0.05) is 55.0 Å². The highest BCUT2D eigenvalue weighted by Gasteiger charge is 2.48. The number of H-pyrrole nitrogens is 1. The number of aromatic nitrogens is 3. The van der Waals surface area contributed by atoms with Gasteiger partial charge in [0.1, 0.15) is 11.9 Å². The number of halogens is 1. The summed E-state index contributed by atoms with van der Waals surface area (Å²) in [7, 11) is 0. The van der Waals surface area contributed by atoms with Crippen LogP contribution >= 0.6 is 12.4 Å². The molecule has 3 saturated heterocycles. The van der Waals surface area contributed by atoms with E-state index in [1.54, 1.807) is 0 Å². The third kappa shape index (κ3) is 2.62. The van der Waals surface area contributed by atoms with Crippen molar-refractivity contribution in [1.29, 1.82) is 0 Å².